The number of benzene rings is 2. The summed E-state index contributed by atoms with van der Waals surface area (Å²) >= 11 is 0. The van der Waals surface area contributed by atoms with Gasteiger partial charge in [-0.15, -0.1) is 0 Å². The van der Waals surface area contributed by atoms with E-state index >= 15 is 0 Å². The maximum absolute atomic E-state index is 12.7. The number of methoxy groups -OCH3 is 1. The summed E-state index contributed by atoms with van der Waals surface area (Å²) in [6.45, 7) is 0. The van der Waals surface area contributed by atoms with Crippen molar-refractivity contribution >= 4 is 29.5 Å². The second kappa shape index (κ2) is 7.47. The van der Waals surface area contributed by atoms with Crippen molar-refractivity contribution in [1.29, 1.82) is 0 Å². The number of furan rings is 1. The van der Waals surface area contributed by atoms with Gasteiger partial charge in [0, 0.05) is 5.56 Å². The molecule has 2 heterocycles. The second-order valence-corrected chi connectivity index (χ2v) is 6.21. The van der Waals surface area contributed by atoms with E-state index in [0.717, 1.165) is 0 Å². The van der Waals surface area contributed by atoms with Crippen LogP contribution < -0.4 is 10.4 Å². The molecule has 2 aromatic carbocycles. The molecule has 0 atom stereocenters. The van der Waals surface area contributed by atoms with Crippen molar-refractivity contribution in [2.75, 3.05) is 12.1 Å². The molecule has 7 nitrogen and oxygen atoms in total. The highest BCUT2D eigenvalue weighted by Gasteiger charge is 2.34. The molecular weight excluding hydrogens is 372 g/mol. The van der Waals surface area contributed by atoms with E-state index in [1.807, 2.05) is 6.07 Å². The van der Waals surface area contributed by atoms with Crippen LogP contribution >= 0.6 is 0 Å². The van der Waals surface area contributed by atoms with E-state index in [2.05, 4.69) is 5.43 Å². The molecule has 1 saturated heterocycles. The molecule has 29 heavy (non-hydrogen) atoms. The topological polar surface area (TPSA) is 88.9 Å². The van der Waals surface area contributed by atoms with Crippen LogP contribution in [0.1, 0.15) is 16.1 Å². The zero-order valence-electron chi connectivity index (χ0n) is 15.4. The SMILES string of the molecule is COC(=O)c1ccccc1-c1ccc(/C=C2/C(=O)NN(c3ccccc3)C2=O)o1. The highest BCUT2D eigenvalue weighted by atomic mass is 16.5. The van der Waals surface area contributed by atoms with Crippen LogP contribution in [0.3, 0.4) is 0 Å². The summed E-state index contributed by atoms with van der Waals surface area (Å²) in [4.78, 5) is 36.9. The maximum atomic E-state index is 12.7. The van der Waals surface area contributed by atoms with Crippen LogP contribution in [0, 0.1) is 0 Å². The van der Waals surface area contributed by atoms with E-state index in [4.69, 9.17) is 9.15 Å². The Balaban J connectivity index is 1.64. The number of carbonyl (C=O) groups is 3. The van der Waals surface area contributed by atoms with Crippen LogP contribution in [-0.4, -0.2) is 24.9 Å². The Kier molecular flexibility index (Phi) is 4.70. The molecule has 0 bridgehead atoms. The molecule has 1 aromatic heterocycles. The first-order chi connectivity index (χ1) is 14.1. The summed E-state index contributed by atoms with van der Waals surface area (Å²) in [7, 11) is 1.31. The number of para-hydroxylation sites is 1. The second-order valence-electron chi connectivity index (χ2n) is 6.21. The van der Waals surface area contributed by atoms with Crippen LogP contribution in [0.5, 0.6) is 0 Å². The molecule has 0 saturated carbocycles. The lowest BCUT2D eigenvalue weighted by atomic mass is 10.1. The van der Waals surface area contributed by atoms with Gasteiger partial charge >= 0.3 is 5.97 Å². The minimum atomic E-state index is -0.522. The van der Waals surface area contributed by atoms with Crippen LogP contribution in [0.25, 0.3) is 17.4 Å². The number of esters is 1. The molecule has 4 rings (SSSR count). The van der Waals surface area contributed by atoms with Gasteiger partial charge in [0.1, 0.15) is 17.1 Å². The smallest absolute Gasteiger partial charge is 0.338 e. The van der Waals surface area contributed by atoms with Crippen molar-refractivity contribution in [3.63, 3.8) is 0 Å². The number of anilines is 1. The average molecular weight is 388 g/mol. The zero-order chi connectivity index (χ0) is 20.4. The molecular formula is C22H16N2O5. The molecule has 0 radical (unpaired) electrons. The van der Waals surface area contributed by atoms with Gasteiger partial charge in [0.15, 0.2) is 0 Å². The first kappa shape index (κ1) is 18.2. The third-order valence-corrected chi connectivity index (χ3v) is 4.42. The number of hydrogen-bond acceptors (Lipinski definition) is 5. The third-order valence-electron chi connectivity index (χ3n) is 4.42. The fourth-order valence-corrected chi connectivity index (χ4v) is 3.02. The quantitative estimate of drug-likeness (QED) is 0.421. The van der Waals surface area contributed by atoms with Gasteiger partial charge in [-0.3, -0.25) is 15.0 Å². The molecule has 2 amide bonds. The summed E-state index contributed by atoms with van der Waals surface area (Å²) in [6, 6.07) is 18.9. The Morgan fingerprint density at radius 1 is 1.00 bits per heavy atom. The van der Waals surface area contributed by atoms with Gasteiger partial charge in [-0.05, 0) is 36.4 Å². The highest BCUT2D eigenvalue weighted by Crippen LogP contribution is 2.28. The van der Waals surface area contributed by atoms with E-state index in [1.54, 1.807) is 60.7 Å². The van der Waals surface area contributed by atoms with Crippen molar-refractivity contribution in [3.05, 3.63) is 83.6 Å². The number of amides is 2. The highest BCUT2D eigenvalue weighted by molar-refractivity contribution is 6.31. The molecule has 1 N–H and O–H groups in total. The van der Waals surface area contributed by atoms with Gasteiger partial charge in [0.2, 0.25) is 0 Å². The van der Waals surface area contributed by atoms with E-state index < -0.39 is 17.8 Å². The Morgan fingerprint density at radius 3 is 2.48 bits per heavy atom. The minimum Gasteiger partial charge on any atom is -0.465 e. The standard InChI is InChI=1S/C22H16N2O5/c1-28-22(27)17-10-6-5-9-16(17)19-12-11-15(29-19)13-18-20(25)23-24(21(18)26)14-7-3-2-4-8-14/h2-13H,1H3,(H,23,25)/b18-13-. The van der Waals surface area contributed by atoms with Crippen molar-refractivity contribution in [2.24, 2.45) is 0 Å². The fourth-order valence-electron chi connectivity index (χ4n) is 3.02. The van der Waals surface area contributed by atoms with Gasteiger partial charge in [0.05, 0.1) is 18.4 Å². The number of carbonyl (C=O) groups excluding carboxylic acids is 3. The van der Waals surface area contributed by atoms with Crippen molar-refractivity contribution in [2.45, 2.75) is 0 Å². The zero-order valence-corrected chi connectivity index (χ0v) is 15.4. The van der Waals surface area contributed by atoms with Gasteiger partial charge in [-0.25, -0.2) is 9.80 Å². The summed E-state index contributed by atoms with van der Waals surface area (Å²) in [5.41, 5.74) is 3.95. The number of ether oxygens (including phenoxy) is 1. The van der Waals surface area contributed by atoms with Crippen LogP contribution in [0.2, 0.25) is 0 Å². The third kappa shape index (κ3) is 3.41. The van der Waals surface area contributed by atoms with Gasteiger partial charge < -0.3 is 9.15 Å². The summed E-state index contributed by atoms with van der Waals surface area (Å²) < 4.78 is 10.6. The average Bonchev–Trinajstić information content (AvgIpc) is 3.34. The minimum absolute atomic E-state index is 0.0454. The van der Waals surface area contributed by atoms with Gasteiger partial charge in [0.25, 0.3) is 11.8 Å². The predicted molar refractivity (Wildman–Crippen MR) is 106 cm³/mol. The first-order valence-electron chi connectivity index (χ1n) is 8.78. The van der Waals surface area contributed by atoms with Gasteiger partial charge in [-0.2, -0.15) is 0 Å². The van der Waals surface area contributed by atoms with Crippen LogP contribution in [0.15, 0.2) is 76.7 Å². The van der Waals surface area contributed by atoms with E-state index in [1.165, 1.54) is 18.2 Å². The molecule has 1 aliphatic heterocycles. The van der Waals surface area contributed by atoms with Crippen molar-refractivity contribution in [3.8, 4) is 11.3 Å². The van der Waals surface area contributed by atoms with Crippen LogP contribution in [0.4, 0.5) is 5.69 Å². The lowest BCUT2D eigenvalue weighted by Crippen LogP contribution is -2.35. The summed E-state index contributed by atoms with van der Waals surface area (Å²) in [5, 5.41) is 1.19. The molecule has 0 spiro atoms. The van der Waals surface area contributed by atoms with Crippen molar-refractivity contribution in [1.82, 2.24) is 5.43 Å². The largest absolute Gasteiger partial charge is 0.465 e. The Bertz CT molecular complexity index is 1130. The molecule has 0 unspecified atom stereocenters. The Labute approximate surface area is 166 Å². The van der Waals surface area contributed by atoms with E-state index in [0.29, 0.717) is 28.3 Å². The number of nitrogens with one attached hydrogen (secondary N) is 1. The number of nitrogens with zero attached hydrogens (tertiary/aromatic N) is 1. The lowest BCUT2D eigenvalue weighted by molar-refractivity contribution is -0.117. The number of hydrazine groups is 1. The molecule has 144 valence electrons. The normalized spacial score (nSPS) is 14.9. The van der Waals surface area contributed by atoms with Crippen LogP contribution in [-0.2, 0) is 14.3 Å². The monoisotopic (exact) mass is 388 g/mol. The maximum Gasteiger partial charge on any atom is 0.338 e. The number of hydrogen-bond donors (Lipinski definition) is 1. The Morgan fingerprint density at radius 2 is 1.72 bits per heavy atom. The molecule has 1 aliphatic rings. The summed E-state index contributed by atoms with van der Waals surface area (Å²) in [6.07, 6.45) is 1.38. The summed E-state index contributed by atoms with van der Waals surface area (Å²) in [5.74, 6) is -0.752. The first-order valence-corrected chi connectivity index (χ1v) is 8.78. The Hall–Kier alpha value is -4.13. The predicted octanol–water partition coefficient (Wildman–Crippen LogP) is 3.19. The van der Waals surface area contributed by atoms with E-state index in [9.17, 15) is 14.4 Å². The lowest BCUT2D eigenvalue weighted by Gasteiger charge is -2.13. The number of rotatable bonds is 4. The van der Waals surface area contributed by atoms with E-state index in [-0.39, 0.29) is 5.57 Å². The fraction of sp³-hybridized carbons (Fsp3) is 0.0455. The molecule has 7 heteroatoms. The van der Waals surface area contributed by atoms with Gasteiger partial charge in [-0.1, -0.05) is 36.4 Å². The molecule has 0 aliphatic carbocycles. The molecule has 3 aromatic rings. The van der Waals surface area contributed by atoms with Crippen molar-refractivity contribution < 1.29 is 23.5 Å². The molecule has 1 fully saturated rings.